The van der Waals surface area contributed by atoms with Crippen LogP contribution in [0.1, 0.15) is 18.4 Å². The molecule has 0 radical (unpaired) electrons. The van der Waals surface area contributed by atoms with E-state index in [1.54, 1.807) is 0 Å². The molecule has 2 aliphatic rings. The van der Waals surface area contributed by atoms with E-state index in [0.717, 1.165) is 31.7 Å². The summed E-state index contributed by atoms with van der Waals surface area (Å²) in [6.45, 7) is 5.15. The van der Waals surface area contributed by atoms with Crippen molar-refractivity contribution in [3.63, 3.8) is 0 Å². The molecular weight excluding hydrogens is 254 g/mol. The lowest BCUT2D eigenvalue weighted by atomic mass is 9.97. The molecule has 4 heteroatoms. The quantitative estimate of drug-likeness (QED) is 0.894. The number of likely N-dealkylation sites (tertiary alicyclic amines) is 1. The number of ether oxygens (including phenoxy) is 1. The van der Waals surface area contributed by atoms with Gasteiger partial charge in [-0.15, -0.1) is 0 Å². The normalized spacial score (nSPS) is 28.8. The summed E-state index contributed by atoms with van der Waals surface area (Å²) in [5, 5.41) is 9.33. The van der Waals surface area contributed by atoms with E-state index in [-0.39, 0.29) is 0 Å². The number of benzene rings is 1. The number of hydrogen-bond donors (Lipinski definition) is 1. The van der Waals surface area contributed by atoms with Gasteiger partial charge in [0, 0.05) is 13.1 Å². The Morgan fingerprint density at radius 2 is 2.20 bits per heavy atom. The molecule has 1 aliphatic heterocycles. The molecular formula is C16H21NO3. The molecule has 2 atom stereocenters. The van der Waals surface area contributed by atoms with Crippen molar-refractivity contribution < 1.29 is 14.6 Å². The van der Waals surface area contributed by atoms with Crippen LogP contribution in [0.2, 0.25) is 0 Å². The number of carboxylic acids is 1. The van der Waals surface area contributed by atoms with E-state index in [9.17, 15) is 9.90 Å². The van der Waals surface area contributed by atoms with Crippen molar-refractivity contribution in [1.29, 1.82) is 0 Å². The molecule has 1 heterocycles. The van der Waals surface area contributed by atoms with Gasteiger partial charge in [0.2, 0.25) is 0 Å². The molecule has 108 valence electrons. The van der Waals surface area contributed by atoms with E-state index in [1.807, 2.05) is 24.3 Å². The number of piperidine rings is 1. The standard InChI is InChI=1S/C16H21NO3/c1-12-2-4-14(5-3-12)20-9-8-17-7-6-13-10-16(13,11-17)15(18)19/h2-5,13H,6-11H2,1H3,(H,18,19). The van der Waals surface area contributed by atoms with Gasteiger partial charge in [-0.1, -0.05) is 17.7 Å². The first kappa shape index (κ1) is 13.4. The van der Waals surface area contributed by atoms with Crippen molar-refractivity contribution in [3.8, 4) is 5.75 Å². The molecule has 4 nitrogen and oxygen atoms in total. The second-order valence-electron chi connectivity index (χ2n) is 6.09. The van der Waals surface area contributed by atoms with E-state index >= 15 is 0 Å². The monoisotopic (exact) mass is 275 g/mol. The molecule has 2 unspecified atom stereocenters. The lowest BCUT2D eigenvalue weighted by molar-refractivity contribution is -0.145. The third kappa shape index (κ3) is 2.52. The molecule has 0 bridgehead atoms. The second kappa shape index (κ2) is 5.09. The number of fused-ring (bicyclic) bond motifs is 1. The molecule has 1 aliphatic carbocycles. The Hall–Kier alpha value is -1.55. The third-order valence-corrected chi connectivity index (χ3v) is 4.65. The van der Waals surface area contributed by atoms with Gasteiger partial charge in [-0.05, 0) is 44.4 Å². The van der Waals surface area contributed by atoms with Crippen molar-refractivity contribution >= 4 is 5.97 Å². The minimum Gasteiger partial charge on any atom is -0.492 e. The van der Waals surface area contributed by atoms with E-state index in [2.05, 4.69) is 11.8 Å². The molecule has 2 fully saturated rings. The molecule has 3 rings (SSSR count). The highest BCUT2D eigenvalue weighted by Gasteiger charge is 2.62. The smallest absolute Gasteiger partial charge is 0.311 e. The zero-order valence-electron chi connectivity index (χ0n) is 11.8. The van der Waals surface area contributed by atoms with Gasteiger partial charge >= 0.3 is 5.97 Å². The molecule has 20 heavy (non-hydrogen) atoms. The highest BCUT2D eigenvalue weighted by molar-refractivity contribution is 5.79. The van der Waals surface area contributed by atoms with Crippen LogP contribution in [0.5, 0.6) is 5.75 Å². The number of nitrogens with zero attached hydrogens (tertiary/aromatic N) is 1. The molecule has 0 amide bonds. The van der Waals surface area contributed by atoms with Crippen LogP contribution in [-0.2, 0) is 4.79 Å². The Bertz CT molecular complexity index is 499. The topological polar surface area (TPSA) is 49.8 Å². The Morgan fingerprint density at radius 1 is 1.45 bits per heavy atom. The van der Waals surface area contributed by atoms with Gasteiger partial charge in [-0.25, -0.2) is 0 Å². The minimum atomic E-state index is -0.619. The zero-order chi connectivity index (χ0) is 14.2. The predicted molar refractivity (Wildman–Crippen MR) is 75.9 cm³/mol. The predicted octanol–water partition coefficient (Wildman–Crippen LogP) is 2.17. The van der Waals surface area contributed by atoms with Gasteiger partial charge in [0.25, 0.3) is 0 Å². The highest BCUT2D eigenvalue weighted by atomic mass is 16.5. The summed E-state index contributed by atoms with van der Waals surface area (Å²) in [5.74, 6) is 0.672. The fraction of sp³-hybridized carbons (Fsp3) is 0.562. The van der Waals surface area contributed by atoms with E-state index in [4.69, 9.17) is 4.74 Å². The number of carbonyl (C=O) groups is 1. The number of aryl methyl sites for hydroxylation is 1. The molecule has 1 N–H and O–H groups in total. The van der Waals surface area contributed by atoms with Gasteiger partial charge in [-0.2, -0.15) is 0 Å². The number of rotatable bonds is 5. The van der Waals surface area contributed by atoms with E-state index in [0.29, 0.717) is 19.1 Å². The molecule has 1 saturated carbocycles. The van der Waals surface area contributed by atoms with Crippen LogP contribution in [0, 0.1) is 18.3 Å². The maximum Gasteiger partial charge on any atom is 0.311 e. The average Bonchev–Trinajstić information content (AvgIpc) is 3.16. The first-order chi connectivity index (χ1) is 9.60. The van der Waals surface area contributed by atoms with E-state index in [1.165, 1.54) is 5.56 Å². The van der Waals surface area contributed by atoms with Crippen molar-refractivity contribution in [1.82, 2.24) is 4.90 Å². The maximum atomic E-state index is 11.3. The molecule has 1 aromatic rings. The van der Waals surface area contributed by atoms with Crippen LogP contribution in [-0.4, -0.2) is 42.2 Å². The Labute approximate surface area is 119 Å². The van der Waals surface area contributed by atoms with Gasteiger partial charge < -0.3 is 9.84 Å². The van der Waals surface area contributed by atoms with Gasteiger partial charge in [0.05, 0.1) is 5.41 Å². The SMILES string of the molecule is Cc1ccc(OCCN2CCC3CC3(C(=O)O)C2)cc1. The summed E-state index contributed by atoms with van der Waals surface area (Å²) >= 11 is 0. The van der Waals surface area contributed by atoms with Crippen molar-refractivity contribution in [2.45, 2.75) is 19.8 Å². The van der Waals surface area contributed by atoms with Crippen molar-refractivity contribution in [3.05, 3.63) is 29.8 Å². The lowest BCUT2D eigenvalue weighted by Crippen LogP contribution is -2.42. The van der Waals surface area contributed by atoms with Crippen LogP contribution in [0.15, 0.2) is 24.3 Å². The Balaban J connectivity index is 1.47. The number of carboxylic acid groups (broad SMARTS) is 1. The molecule has 0 aromatic heterocycles. The Morgan fingerprint density at radius 3 is 2.90 bits per heavy atom. The molecule has 1 aromatic carbocycles. The van der Waals surface area contributed by atoms with Gasteiger partial charge in [0.15, 0.2) is 0 Å². The first-order valence-corrected chi connectivity index (χ1v) is 7.25. The van der Waals surface area contributed by atoms with Crippen molar-refractivity contribution in [2.24, 2.45) is 11.3 Å². The molecule has 1 saturated heterocycles. The van der Waals surface area contributed by atoms with Crippen molar-refractivity contribution in [2.75, 3.05) is 26.2 Å². The minimum absolute atomic E-state index is 0.411. The summed E-state index contributed by atoms with van der Waals surface area (Å²) < 4.78 is 5.72. The zero-order valence-corrected chi connectivity index (χ0v) is 11.8. The van der Waals surface area contributed by atoms with Crippen LogP contribution in [0.3, 0.4) is 0 Å². The summed E-state index contributed by atoms with van der Waals surface area (Å²) in [6, 6.07) is 8.01. The summed E-state index contributed by atoms with van der Waals surface area (Å²) in [5.41, 5.74) is 0.777. The fourth-order valence-corrected chi connectivity index (χ4v) is 3.22. The number of hydrogen-bond acceptors (Lipinski definition) is 3. The first-order valence-electron chi connectivity index (χ1n) is 7.25. The second-order valence-corrected chi connectivity index (χ2v) is 6.09. The van der Waals surface area contributed by atoms with E-state index < -0.39 is 11.4 Å². The van der Waals surface area contributed by atoms with Gasteiger partial charge in [-0.3, -0.25) is 9.69 Å². The summed E-state index contributed by atoms with van der Waals surface area (Å²) in [7, 11) is 0. The average molecular weight is 275 g/mol. The van der Waals surface area contributed by atoms with Crippen LogP contribution >= 0.6 is 0 Å². The van der Waals surface area contributed by atoms with Crippen LogP contribution < -0.4 is 4.74 Å². The Kier molecular flexibility index (Phi) is 3.42. The lowest BCUT2D eigenvalue weighted by Gasteiger charge is -2.30. The fourth-order valence-electron chi connectivity index (χ4n) is 3.22. The molecule has 0 spiro atoms. The highest BCUT2D eigenvalue weighted by Crippen LogP contribution is 2.57. The summed E-state index contributed by atoms with van der Waals surface area (Å²) in [6.07, 6.45) is 1.87. The van der Waals surface area contributed by atoms with Crippen LogP contribution in [0.25, 0.3) is 0 Å². The third-order valence-electron chi connectivity index (χ3n) is 4.65. The number of aliphatic carboxylic acids is 1. The van der Waals surface area contributed by atoms with Gasteiger partial charge in [0.1, 0.15) is 12.4 Å². The van der Waals surface area contributed by atoms with Crippen LogP contribution in [0.4, 0.5) is 0 Å². The summed E-state index contributed by atoms with van der Waals surface area (Å²) in [4.78, 5) is 13.6. The maximum absolute atomic E-state index is 11.3. The largest absolute Gasteiger partial charge is 0.492 e.